The molecule has 180 valence electrons. The summed E-state index contributed by atoms with van der Waals surface area (Å²) in [6.45, 7) is 3.73. The van der Waals surface area contributed by atoms with Gasteiger partial charge in [-0.3, -0.25) is 9.89 Å². The quantitative estimate of drug-likeness (QED) is 0.435. The van der Waals surface area contributed by atoms with Gasteiger partial charge < -0.3 is 15.7 Å². The van der Waals surface area contributed by atoms with E-state index in [4.69, 9.17) is 5.11 Å². The third-order valence-corrected chi connectivity index (χ3v) is 7.39. The van der Waals surface area contributed by atoms with E-state index in [9.17, 15) is 18.0 Å². The number of nitrogens with one attached hydrogen (secondary N) is 3. The van der Waals surface area contributed by atoms with E-state index in [1.54, 1.807) is 12.1 Å². The number of carbonyl (C=O) groups excluding carboxylic acids is 1. The van der Waals surface area contributed by atoms with Crippen LogP contribution in [0.1, 0.15) is 61.8 Å². The van der Waals surface area contributed by atoms with E-state index in [-0.39, 0.29) is 23.3 Å². The lowest BCUT2D eigenvalue weighted by molar-refractivity contribution is -0.115. The molecule has 4 N–H and O–H groups in total. The predicted octanol–water partition coefficient (Wildman–Crippen LogP) is 3.62. The van der Waals surface area contributed by atoms with Gasteiger partial charge in [-0.05, 0) is 63.5 Å². The van der Waals surface area contributed by atoms with Gasteiger partial charge in [0.15, 0.2) is 15.7 Å². The fraction of sp³-hybridized carbons (Fsp3) is 0.522. The van der Waals surface area contributed by atoms with Gasteiger partial charge in [0.1, 0.15) is 0 Å². The average molecular weight is 477 g/mol. The summed E-state index contributed by atoms with van der Waals surface area (Å²) in [5.74, 6) is 0.952. The van der Waals surface area contributed by atoms with Crippen LogP contribution < -0.4 is 10.6 Å². The number of hydrogen-bond acceptors (Lipinski definition) is 5. The van der Waals surface area contributed by atoms with Crippen molar-refractivity contribution in [3.63, 3.8) is 0 Å². The van der Waals surface area contributed by atoms with Gasteiger partial charge in [-0.2, -0.15) is 5.10 Å². The topological polar surface area (TPSA) is 141 Å². The zero-order valence-corrected chi connectivity index (χ0v) is 20.0. The van der Waals surface area contributed by atoms with Crippen LogP contribution >= 0.6 is 0 Å². The highest BCUT2D eigenvalue weighted by Gasteiger charge is 2.27. The van der Waals surface area contributed by atoms with Gasteiger partial charge in [0.05, 0.1) is 11.3 Å². The molecular formula is C23H32N4O5S. The number of sulfone groups is 1. The Morgan fingerprint density at radius 3 is 2.73 bits per heavy atom. The normalized spacial score (nSPS) is 19.2. The Labute approximate surface area is 194 Å². The first-order valence-electron chi connectivity index (χ1n) is 11.2. The number of H-pyrrole nitrogens is 1. The van der Waals surface area contributed by atoms with E-state index in [1.165, 1.54) is 6.07 Å². The Hall–Kier alpha value is -2.88. The van der Waals surface area contributed by atoms with Crippen LogP contribution in [0.4, 0.5) is 10.6 Å². The monoisotopic (exact) mass is 476 g/mol. The van der Waals surface area contributed by atoms with Crippen LogP contribution in [0.3, 0.4) is 0 Å². The van der Waals surface area contributed by atoms with Crippen LogP contribution in [0.5, 0.6) is 0 Å². The fourth-order valence-corrected chi connectivity index (χ4v) is 5.49. The Balaban J connectivity index is 1.55. The SMILES string of the molecule is Cc1ccc(S(C)(=O)=O)c(CC(=O)Nc2cc(C3CCC(CC[C@H](C)NC(=O)O)C3)[nH]n2)c1. The molecule has 0 aliphatic heterocycles. The van der Waals surface area contributed by atoms with Crippen molar-refractivity contribution < 1.29 is 23.1 Å². The lowest BCUT2D eigenvalue weighted by Crippen LogP contribution is -2.31. The first kappa shape index (κ1) is 24.8. The van der Waals surface area contributed by atoms with Crippen molar-refractivity contribution in [3.05, 3.63) is 41.1 Å². The van der Waals surface area contributed by atoms with Crippen LogP contribution in [-0.4, -0.2) is 48.0 Å². The molecule has 3 rings (SSSR count). The average Bonchev–Trinajstić information content (AvgIpc) is 3.34. The largest absolute Gasteiger partial charge is 0.465 e. The summed E-state index contributed by atoms with van der Waals surface area (Å²) in [6.07, 6.45) is 4.95. The molecule has 3 atom stereocenters. The molecule has 0 spiro atoms. The molecule has 1 heterocycles. The molecule has 1 aliphatic rings. The maximum atomic E-state index is 12.6. The smallest absolute Gasteiger partial charge is 0.404 e. The van der Waals surface area contributed by atoms with Crippen molar-refractivity contribution in [3.8, 4) is 0 Å². The van der Waals surface area contributed by atoms with E-state index in [2.05, 4.69) is 20.8 Å². The standard InChI is InChI=1S/C23H32N4O5S/c1-14-4-9-20(33(3,31)32)18(10-14)12-22(28)25-21-13-19(26-27-21)17-8-7-16(11-17)6-5-15(2)24-23(29)30/h4,9-10,13,15-17,24H,5-8,11-12H2,1-3H3,(H,29,30)(H2,25,26,27,28)/t15-,16?,17?/m0/s1. The Morgan fingerprint density at radius 1 is 1.27 bits per heavy atom. The zero-order valence-electron chi connectivity index (χ0n) is 19.2. The van der Waals surface area contributed by atoms with Gasteiger partial charge >= 0.3 is 6.09 Å². The molecule has 10 heteroatoms. The number of hydrogen-bond donors (Lipinski definition) is 4. The Bertz CT molecular complexity index is 1110. The molecule has 1 saturated carbocycles. The fourth-order valence-electron chi connectivity index (χ4n) is 4.57. The number of aromatic nitrogens is 2. The summed E-state index contributed by atoms with van der Waals surface area (Å²) in [4.78, 5) is 23.5. The number of carbonyl (C=O) groups is 2. The molecule has 1 aromatic heterocycles. The minimum absolute atomic E-state index is 0.0552. The summed E-state index contributed by atoms with van der Waals surface area (Å²) in [5.41, 5.74) is 2.32. The van der Waals surface area contributed by atoms with Gasteiger partial charge in [0.2, 0.25) is 5.91 Å². The van der Waals surface area contributed by atoms with Crippen LogP contribution in [0.25, 0.3) is 0 Å². The highest BCUT2D eigenvalue weighted by molar-refractivity contribution is 7.90. The summed E-state index contributed by atoms with van der Waals surface area (Å²) in [6, 6.07) is 6.75. The second-order valence-electron chi connectivity index (χ2n) is 9.12. The molecule has 0 radical (unpaired) electrons. The van der Waals surface area contributed by atoms with Crippen molar-refractivity contribution >= 4 is 27.7 Å². The number of nitrogens with zero attached hydrogens (tertiary/aromatic N) is 1. The van der Waals surface area contributed by atoms with E-state index >= 15 is 0 Å². The number of amides is 2. The van der Waals surface area contributed by atoms with E-state index in [0.717, 1.165) is 49.6 Å². The predicted molar refractivity (Wildman–Crippen MR) is 125 cm³/mol. The van der Waals surface area contributed by atoms with Crippen LogP contribution in [0.2, 0.25) is 0 Å². The number of benzene rings is 1. The maximum absolute atomic E-state index is 12.6. The summed E-state index contributed by atoms with van der Waals surface area (Å²) < 4.78 is 24.1. The maximum Gasteiger partial charge on any atom is 0.404 e. The lowest BCUT2D eigenvalue weighted by Gasteiger charge is -2.14. The van der Waals surface area contributed by atoms with E-state index < -0.39 is 15.9 Å². The van der Waals surface area contributed by atoms with Gasteiger partial charge in [0, 0.05) is 30.0 Å². The summed E-state index contributed by atoms with van der Waals surface area (Å²) in [7, 11) is -3.43. The molecule has 1 aromatic carbocycles. The van der Waals surface area contributed by atoms with Gasteiger partial charge in [-0.15, -0.1) is 0 Å². The van der Waals surface area contributed by atoms with Crippen LogP contribution in [-0.2, 0) is 21.1 Å². The molecule has 9 nitrogen and oxygen atoms in total. The Morgan fingerprint density at radius 2 is 2.03 bits per heavy atom. The highest BCUT2D eigenvalue weighted by Crippen LogP contribution is 2.40. The first-order chi connectivity index (χ1) is 15.5. The number of rotatable bonds is 9. The Kier molecular flexibility index (Phi) is 7.78. The second-order valence-corrected chi connectivity index (χ2v) is 11.1. The van der Waals surface area contributed by atoms with Crippen molar-refractivity contribution in [2.45, 2.75) is 69.2 Å². The number of aryl methyl sites for hydroxylation is 1. The van der Waals surface area contributed by atoms with Crippen LogP contribution in [0.15, 0.2) is 29.2 Å². The van der Waals surface area contributed by atoms with Crippen LogP contribution in [0, 0.1) is 12.8 Å². The molecule has 33 heavy (non-hydrogen) atoms. The van der Waals surface area contributed by atoms with Gasteiger partial charge in [-0.1, -0.05) is 17.7 Å². The highest BCUT2D eigenvalue weighted by atomic mass is 32.2. The zero-order chi connectivity index (χ0) is 24.2. The van der Waals surface area contributed by atoms with E-state index in [1.807, 2.05) is 19.9 Å². The second kappa shape index (κ2) is 10.4. The number of aromatic amines is 1. The molecule has 2 amide bonds. The minimum atomic E-state index is -3.43. The molecule has 2 aromatic rings. The number of carboxylic acid groups (broad SMARTS) is 1. The molecule has 0 bridgehead atoms. The number of anilines is 1. The third-order valence-electron chi connectivity index (χ3n) is 6.19. The summed E-state index contributed by atoms with van der Waals surface area (Å²) in [5, 5.41) is 21.3. The molecular weight excluding hydrogens is 444 g/mol. The van der Waals surface area contributed by atoms with Crippen molar-refractivity contribution in [1.82, 2.24) is 15.5 Å². The first-order valence-corrected chi connectivity index (χ1v) is 13.0. The molecule has 1 aliphatic carbocycles. The molecule has 1 fully saturated rings. The van der Waals surface area contributed by atoms with Crippen molar-refractivity contribution in [1.29, 1.82) is 0 Å². The van der Waals surface area contributed by atoms with Gasteiger partial charge in [-0.25, -0.2) is 13.2 Å². The molecule has 0 saturated heterocycles. The van der Waals surface area contributed by atoms with E-state index in [0.29, 0.717) is 23.2 Å². The van der Waals surface area contributed by atoms with Gasteiger partial charge in [0.25, 0.3) is 0 Å². The van der Waals surface area contributed by atoms with Crippen molar-refractivity contribution in [2.75, 3.05) is 11.6 Å². The molecule has 2 unspecified atom stereocenters. The lowest BCUT2D eigenvalue weighted by atomic mass is 9.96. The summed E-state index contributed by atoms with van der Waals surface area (Å²) >= 11 is 0. The van der Waals surface area contributed by atoms with Crippen molar-refractivity contribution in [2.24, 2.45) is 5.92 Å². The third kappa shape index (κ3) is 7.05. The minimum Gasteiger partial charge on any atom is -0.465 e.